The van der Waals surface area contributed by atoms with E-state index in [4.69, 9.17) is 0 Å². The largest absolute Gasteiger partial charge is 0.344 e. The van der Waals surface area contributed by atoms with E-state index in [-0.39, 0.29) is 5.91 Å². The monoisotopic (exact) mass is 281 g/mol. The van der Waals surface area contributed by atoms with Gasteiger partial charge in [0.25, 0.3) is 5.91 Å². The van der Waals surface area contributed by atoms with Crippen molar-refractivity contribution in [2.75, 3.05) is 5.43 Å². The number of hydrazine groups is 1. The molecule has 2 aromatic carbocycles. The second-order valence-electron chi connectivity index (χ2n) is 5.04. The molecule has 1 atom stereocenters. The minimum Gasteiger partial charge on any atom is -0.318 e. The molecule has 0 aliphatic carbocycles. The Bertz CT molecular complexity index is 672. The minimum absolute atomic E-state index is 0.331. The summed E-state index contributed by atoms with van der Waals surface area (Å²) < 4.78 is 0. The van der Waals surface area contributed by atoms with Gasteiger partial charge in [-0.15, -0.1) is 0 Å². The van der Waals surface area contributed by atoms with Gasteiger partial charge >= 0.3 is 6.03 Å². The maximum Gasteiger partial charge on any atom is 0.344 e. The number of rotatable bonds is 3. The fourth-order valence-electron chi connectivity index (χ4n) is 2.35. The van der Waals surface area contributed by atoms with Crippen molar-refractivity contribution in [1.29, 1.82) is 0 Å². The van der Waals surface area contributed by atoms with Crippen molar-refractivity contribution < 1.29 is 9.59 Å². The summed E-state index contributed by atoms with van der Waals surface area (Å²) in [5.41, 5.74) is 3.21. The Labute approximate surface area is 122 Å². The number of nitrogens with zero attached hydrogens (tertiary/aromatic N) is 1. The molecule has 2 N–H and O–H groups in total. The van der Waals surface area contributed by atoms with Crippen molar-refractivity contribution in [2.45, 2.75) is 12.5 Å². The van der Waals surface area contributed by atoms with Crippen LogP contribution in [-0.2, 0) is 10.3 Å². The molecule has 0 aromatic heterocycles. The third-order valence-electron chi connectivity index (χ3n) is 3.56. The van der Waals surface area contributed by atoms with Crippen LogP contribution in [0.25, 0.3) is 0 Å². The molecule has 3 rings (SSSR count). The van der Waals surface area contributed by atoms with E-state index in [1.807, 2.05) is 48.5 Å². The molecule has 0 unspecified atom stereocenters. The third kappa shape index (κ3) is 2.23. The van der Waals surface area contributed by atoms with Crippen LogP contribution in [0.4, 0.5) is 10.5 Å². The second kappa shape index (κ2) is 4.94. The van der Waals surface area contributed by atoms with Crippen LogP contribution in [-0.4, -0.2) is 16.9 Å². The SMILES string of the molecule is C[C@]1(c2ccccc2)NC(=O)N(Nc2ccccc2)C1=O. The first kappa shape index (κ1) is 13.2. The van der Waals surface area contributed by atoms with Crippen molar-refractivity contribution in [3.05, 3.63) is 66.2 Å². The van der Waals surface area contributed by atoms with Gasteiger partial charge in [0, 0.05) is 0 Å². The summed E-state index contributed by atoms with van der Waals surface area (Å²) in [4.78, 5) is 24.7. The number of benzene rings is 2. The van der Waals surface area contributed by atoms with Gasteiger partial charge in [-0.25, -0.2) is 4.79 Å². The standard InChI is InChI=1S/C16H15N3O2/c1-16(12-8-4-2-5-9-12)14(20)19(15(21)17-16)18-13-10-6-3-7-11-13/h2-11,18H,1H3,(H,17,21)/t16-/m1/s1. The maximum atomic E-state index is 12.6. The molecule has 3 amide bonds. The van der Waals surface area contributed by atoms with Gasteiger partial charge in [0.05, 0.1) is 5.69 Å². The molecule has 0 radical (unpaired) electrons. The van der Waals surface area contributed by atoms with Crippen LogP contribution in [0.3, 0.4) is 0 Å². The summed E-state index contributed by atoms with van der Waals surface area (Å²) in [6, 6.07) is 17.8. The van der Waals surface area contributed by atoms with Crippen molar-refractivity contribution in [1.82, 2.24) is 10.3 Å². The number of imide groups is 1. The lowest BCUT2D eigenvalue weighted by Gasteiger charge is -2.22. The highest BCUT2D eigenvalue weighted by molar-refractivity contribution is 6.08. The molecule has 1 fully saturated rings. The van der Waals surface area contributed by atoms with E-state index in [2.05, 4.69) is 10.7 Å². The molecule has 21 heavy (non-hydrogen) atoms. The first-order chi connectivity index (χ1) is 10.1. The van der Waals surface area contributed by atoms with Crippen LogP contribution in [0.15, 0.2) is 60.7 Å². The van der Waals surface area contributed by atoms with Crippen molar-refractivity contribution >= 4 is 17.6 Å². The van der Waals surface area contributed by atoms with Crippen LogP contribution < -0.4 is 10.7 Å². The predicted octanol–water partition coefficient (Wildman–Crippen LogP) is 2.48. The lowest BCUT2D eigenvalue weighted by molar-refractivity contribution is -0.130. The molecule has 1 aliphatic heterocycles. The Morgan fingerprint density at radius 2 is 1.52 bits per heavy atom. The Hall–Kier alpha value is -2.82. The van der Waals surface area contributed by atoms with Gasteiger partial charge < -0.3 is 5.32 Å². The van der Waals surface area contributed by atoms with E-state index in [9.17, 15) is 9.59 Å². The molecule has 0 bridgehead atoms. The highest BCUT2D eigenvalue weighted by Gasteiger charge is 2.49. The minimum atomic E-state index is -1.06. The van der Waals surface area contributed by atoms with Crippen LogP contribution >= 0.6 is 0 Å². The first-order valence-corrected chi connectivity index (χ1v) is 6.65. The number of hydrogen-bond donors (Lipinski definition) is 2. The second-order valence-corrected chi connectivity index (χ2v) is 5.04. The lowest BCUT2D eigenvalue weighted by Crippen LogP contribution is -2.41. The van der Waals surface area contributed by atoms with Crippen LogP contribution in [0.5, 0.6) is 0 Å². The summed E-state index contributed by atoms with van der Waals surface area (Å²) in [5, 5.41) is 3.76. The average Bonchev–Trinajstić information content (AvgIpc) is 2.74. The Morgan fingerprint density at radius 1 is 0.952 bits per heavy atom. The van der Waals surface area contributed by atoms with Gasteiger partial charge in [-0.3, -0.25) is 10.2 Å². The van der Waals surface area contributed by atoms with Crippen molar-refractivity contribution in [3.63, 3.8) is 0 Å². The molecule has 106 valence electrons. The normalized spacial score (nSPS) is 21.3. The van der Waals surface area contributed by atoms with E-state index in [1.54, 1.807) is 19.1 Å². The Kier molecular flexibility index (Phi) is 3.10. The van der Waals surface area contributed by atoms with Crippen LogP contribution in [0.2, 0.25) is 0 Å². The van der Waals surface area contributed by atoms with Crippen molar-refractivity contribution in [3.8, 4) is 0 Å². The van der Waals surface area contributed by atoms with Crippen LogP contribution in [0.1, 0.15) is 12.5 Å². The Balaban J connectivity index is 1.89. The quantitative estimate of drug-likeness (QED) is 0.850. The van der Waals surface area contributed by atoms with Gasteiger partial charge in [-0.05, 0) is 24.6 Å². The number of urea groups is 1. The van der Waals surface area contributed by atoms with Gasteiger partial charge in [0.15, 0.2) is 0 Å². The summed E-state index contributed by atoms with van der Waals surface area (Å²) in [5.74, 6) is -0.331. The first-order valence-electron chi connectivity index (χ1n) is 6.65. The topological polar surface area (TPSA) is 61.4 Å². The van der Waals surface area contributed by atoms with Gasteiger partial charge in [-0.2, -0.15) is 5.01 Å². The number of carbonyl (C=O) groups is 2. The zero-order chi connectivity index (χ0) is 14.9. The number of para-hydroxylation sites is 1. The van der Waals surface area contributed by atoms with E-state index < -0.39 is 11.6 Å². The highest BCUT2D eigenvalue weighted by atomic mass is 16.2. The van der Waals surface area contributed by atoms with Gasteiger partial charge in [-0.1, -0.05) is 48.5 Å². The zero-order valence-electron chi connectivity index (χ0n) is 11.5. The summed E-state index contributed by atoms with van der Waals surface area (Å²) in [6.07, 6.45) is 0. The fraction of sp³-hybridized carbons (Fsp3) is 0.125. The number of anilines is 1. The molecule has 1 heterocycles. The molecule has 2 aromatic rings. The molecule has 1 aliphatic rings. The van der Waals surface area contributed by atoms with E-state index in [1.165, 1.54) is 0 Å². The fourth-order valence-corrected chi connectivity index (χ4v) is 2.35. The molecular formula is C16H15N3O2. The number of carbonyl (C=O) groups excluding carboxylic acids is 2. The van der Waals surface area contributed by atoms with Crippen LogP contribution in [0, 0.1) is 0 Å². The molecule has 1 saturated heterocycles. The highest BCUT2D eigenvalue weighted by Crippen LogP contribution is 2.28. The number of hydrogen-bond acceptors (Lipinski definition) is 3. The smallest absolute Gasteiger partial charge is 0.318 e. The van der Waals surface area contributed by atoms with Gasteiger partial charge in [0.2, 0.25) is 0 Å². The summed E-state index contributed by atoms with van der Waals surface area (Å²) >= 11 is 0. The predicted molar refractivity (Wildman–Crippen MR) is 79.2 cm³/mol. The third-order valence-corrected chi connectivity index (χ3v) is 3.56. The molecule has 0 spiro atoms. The van der Waals surface area contributed by atoms with E-state index >= 15 is 0 Å². The van der Waals surface area contributed by atoms with Crippen molar-refractivity contribution in [2.24, 2.45) is 0 Å². The zero-order valence-corrected chi connectivity index (χ0v) is 11.5. The maximum absolute atomic E-state index is 12.6. The number of nitrogens with one attached hydrogen (secondary N) is 2. The molecule has 0 saturated carbocycles. The molecule has 5 heteroatoms. The summed E-state index contributed by atoms with van der Waals surface area (Å²) in [6.45, 7) is 1.70. The van der Waals surface area contributed by atoms with Gasteiger partial charge in [0.1, 0.15) is 5.54 Å². The average molecular weight is 281 g/mol. The summed E-state index contributed by atoms with van der Waals surface area (Å²) in [7, 11) is 0. The Morgan fingerprint density at radius 3 is 2.14 bits per heavy atom. The molecular weight excluding hydrogens is 266 g/mol. The van der Waals surface area contributed by atoms with E-state index in [0.717, 1.165) is 10.6 Å². The van der Waals surface area contributed by atoms with E-state index in [0.29, 0.717) is 5.69 Å². The lowest BCUT2D eigenvalue weighted by atomic mass is 9.92. The molecule has 5 nitrogen and oxygen atoms in total. The number of amides is 3.